The molecule has 0 aliphatic carbocycles. The Morgan fingerprint density at radius 1 is 1.08 bits per heavy atom. The van der Waals surface area contributed by atoms with Crippen LogP contribution in [0.5, 0.6) is 0 Å². The van der Waals surface area contributed by atoms with Gasteiger partial charge in [-0.25, -0.2) is 4.79 Å². The molecule has 1 aromatic heterocycles. The molecule has 2 heterocycles. The first-order valence-electron chi connectivity index (χ1n) is 13.3. The third-order valence-corrected chi connectivity index (χ3v) is 17.0. The molecule has 1 saturated heterocycles. The van der Waals surface area contributed by atoms with Gasteiger partial charge in [-0.2, -0.15) is 4.98 Å². The molecule has 11 heteroatoms. The molecule has 0 amide bonds. The standard InChI is InChI=1S/C26H52N4O5Si2/c1-18(16-29(8)9)27-20-14-15-30(24(32)28-20)23-22(35-37(12,13)26(5,6)7)21(19(17-31)33-23)34-36(10,11)25(2,3)4/h14-15,18-19,21-23,31H,16-17H2,1-13H3,(H,27,28,32)/t18?,19-,21-,22+,23-/m1/s1. The highest BCUT2D eigenvalue weighted by Crippen LogP contribution is 2.45. The normalized spacial score (nSPS) is 24.5. The van der Waals surface area contributed by atoms with E-state index in [1.807, 2.05) is 21.0 Å². The number of anilines is 1. The summed E-state index contributed by atoms with van der Waals surface area (Å²) in [6.07, 6.45) is -0.725. The van der Waals surface area contributed by atoms with Crippen LogP contribution in [-0.4, -0.2) is 87.8 Å². The quantitative estimate of drug-likeness (QED) is 0.412. The fraction of sp³-hybridized carbons (Fsp3) is 0.846. The molecule has 2 rings (SSSR count). The fourth-order valence-electron chi connectivity index (χ4n) is 3.91. The molecule has 0 radical (unpaired) electrons. The Labute approximate surface area is 226 Å². The monoisotopic (exact) mass is 556 g/mol. The highest BCUT2D eigenvalue weighted by atomic mass is 28.4. The number of likely N-dealkylation sites (N-methyl/N-ethyl adjacent to an activating group) is 1. The predicted octanol–water partition coefficient (Wildman–Crippen LogP) is 4.28. The third-order valence-electron chi connectivity index (χ3n) is 8.08. The van der Waals surface area contributed by atoms with Crippen LogP contribution in [0.4, 0.5) is 5.82 Å². The van der Waals surface area contributed by atoms with E-state index in [0.29, 0.717) is 5.82 Å². The summed E-state index contributed by atoms with van der Waals surface area (Å²) in [7, 11) is -0.537. The Morgan fingerprint density at radius 3 is 2.03 bits per heavy atom. The minimum absolute atomic E-state index is 0.0401. The first-order valence-corrected chi connectivity index (χ1v) is 19.1. The number of aliphatic hydroxyl groups excluding tert-OH is 1. The van der Waals surface area contributed by atoms with Gasteiger partial charge in [-0.3, -0.25) is 4.57 Å². The molecule has 1 fully saturated rings. The van der Waals surface area contributed by atoms with Crippen LogP contribution in [0.3, 0.4) is 0 Å². The van der Waals surface area contributed by atoms with E-state index in [1.165, 1.54) is 4.57 Å². The second-order valence-electron chi connectivity index (χ2n) is 13.7. The van der Waals surface area contributed by atoms with Gasteiger partial charge < -0.3 is 28.9 Å². The molecule has 2 N–H and O–H groups in total. The van der Waals surface area contributed by atoms with Crippen LogP contribution in [0.25, 0.3) is 0 Å². The van der Waals surface area contributed by atoms with Gasteiger partial charge in [0, 0.05) is 18.8 Å². The van der Waals surface area contributed by atoms with Gasteiger partial charge in [0.2, 0.25) is 0 Å². The summed E-state index contributed by atoms with van der Waals surface area (Å²) >= 11 is 0. The average Bonchev–Trinajstić information content (AvgIpc) is 3.01. The number of hydrogen-bond donors (Lipinski definition) is 2. The summed E-state index contributed by atoms with van der Waals surface area (Å²) < 4.78 is 21.6. The Balaban J connectivity index is 2.50. The first kappa shape index (κ1) is 32.1. The van der Waals surface area contributed by atoms with Crippen LogP contribution in [0.1, 0.15) is 54.7 Å². The molecule has 0 bridgehead atoms. The summed E-state index contributed by atoms with van der Waals surface area (Å²) in [5.41, 5.74) is -0.430. The van der Waals surface area contributed by atoms with Crippen molar-refractivity contribution >= 4 is 22.5 Å². The van der Waals surface area contributed by atoms with Gasteiger partial charge in [-0.15, -0.1) is 0 Å². The van der Waals surface area contributed by atoms with Gasteiger partial charge >= 0.3 is 5.69 Å². The number of aliphatic hydroxyl groups is 1. The van der Waals surface area contributed by atoms with Crippen molar-refractivity contribution in [2.24, 2.45) is 0 Å². The second kappa shape index (κ2) is 11.6. The fourth-order valence-corrected chi connectivity index (χ4v) is 6.52. The van der Waals surface area contributed by atoms with Gasteiger partial charge in [0.1, 0.15) is 24.1 Å². The lowest BCUT2D eigenvalue weighted by Crippen LogP contribution is -2.54. The lowest BCUT2D eigenvalue weighted by atomic mass is 10.1. The molecular formula is C26H52N4O5Si2. The summed E-state index contributed by atoms with van der Waals surface area (Å²) in [5.74, 6) is 0.517. The first-order chi connectivity index (χ1) is 16.7. The summed E-state index contributed by atoms with van der Waals surface area (Å²) in [4.78, 5) is 19.6. The number of nitrogens with zero attached hydrogens (tertiary/aromatic N) is 3. The van der Waals surface area contributed by atoms with Gasteiger partial charge in [-0.1, -0.05) is 41.5 Å². The van der Waals surface area contributed by atoms with Crippen molar-refractivity contribution in [1.29, 1.82) is 0 Å². The summed E-state index contributed by atoms with van der Waals surface area (Å²) in [6.45, 7) is 24.4. The van der Waals surface area contributed by atoms with E-state index >= 15 is 0 Å². The van der Waals surface area contributed by atoms with Gasteiger partial charge in [0.05, 0.1) is 6.61 Å². The molecule has 1 aliphatic heterocycles. The number of aromatic nitrogens is 2. The van der Waals surface area contributed by atoms with Crippen LogP contribution in [0.15, 0.2) is 17.1 Å². The SMILES string of the molecule is CC(CN(C)C)Nc1ccn([C@@H]2O[C@H](CO)[C@@H](O[Si](C)(C)C(C)(C)C)[C@@H]2O[Si](C)(C)C(C)(C)C)c(=O)n1. The number of ether oxygens (including phenoxy) is 1. The molecule has 0 saturated carbocycles. The van der Waals surface area contributed by atoms with E-state index in [1.54, 1.807) is 12.3 Å². The Morgan fingerprint density at radius 2 is 1.59 bits per heavy atom. The van der Waals surface area contributed by atoms with Gasteiger partial charge in [0.15, 0.2) is 22.9 Å². The van der Waals surface area contributed by atoms with Crippen LogP contribution in [0.2, 0.25) is 36.3 Å². The lowest BCUT2D eigenvalue weighted by molar-refractivity contribution is -0.0528. The molecule has 214 valence electrons. The Hall–Kier alpha value is -1.09. The van der Waals surface area contributed by atoms with Crippen LogP contribution < -0.4 is 11.0 Å². The molecule has 0 aromatic carbocycles. The Kier molecular flexibility index (Phi) is 10.0. The zero-order valence-electron chi connectivity index (χ0n) is 25.4. The highest BCUT2D eigenvalue weighted by molar-refractivity contribution is 6.74. The van der Waals surface area contributed by atoms with Crippen molar-refractivity contribution in [2.75, 3.05) is 32.6 Å². The highest BCUT2D eigenvalue weighted by Gasteiger charge is 2.54. The maximum atomic E-state index is 13.3. The smallest absolute Gasteiger partial charge is 0.351 e. The van der Waals surface area contributed by atoms with Gasteiger partial charge in [-0.05, 0) is 63.4 Å². The minimum atomic E-state index is -2.29. The van der Waals surface area contributed by atoms with Crippen molar-refractivity contribution in [3.63, 3.8) is 0 Å². The maximum Gasteiger partial charge on any atom is 0.351 e. The van der Waals surface area contributed by atoms with Gasteiger partial charge in [0.25, 0.3) is 0 Å². The zero-order valence-corrected chi connectivity index (χ0v) is 27.4. The van der Waals surface area contributed by atoms with E-state index in [4.69, 9.17) is 13.6 Å². The number of rotatable bonds is 10. The second-order valence-corrected chi connectivity index (χ2v) is 23.3. The van der Waals surface area contributed by atoms with Crippen molar-refractivity contribution < 1.29 is 18.7 Å². The Bertz CT molecular complexity index is 956. The number of nitrogens with one attached hydrogen (secondary N) is 1. The molecule has 9 nitrogen and oxygen atoms in total. The number of hydrogen-bond acceptors (Lipinski definition) is 8. The van der Waals surface area contributed by atoms with Crippen molar-refractivity contribution in [3.05, 3.63) is 22.7 Å². The molecule has 0 spiro atoms. The molecule has 5 atom stereocenters. The molecular weight excluding hydrogens is 504 g/mol. The largest absolute Gasteiger partial charge is 0.408 e. The third kappa shape index (κ3) is 7.74. The van der Waals surface area contributed by atoms with Crippen LogP contribution >= 0.6 is 0 Å². The topological polar surface area (TPSA) is 98.1 Å². The molecule has 1 aromatic rings. The maximum absolute atomic E-state index is 13.3. The van der Waals surface area contributed by atoms with E-state index in [-0.39, 0.29) is 22.7 Å². The van der Waals surface area contributed by atoms with Crippen LogP contribution in [-0.2, 0) is 13.6 Å². The molecule has 1 aliphatic rings. The predicted molar refractivity (Wildman–Crippen MR) is 155 cm³/mol. The summed E-state index contributed by atoms with van der Waals surface area (Å²) in [6, 6.07) is 1.91. The van der Waals surface area contributed by atoms with Crippen molar-refractivity contribution in [3.8, 4) is 0 Å². The summed E-state index contributed by atoms with van der Waals surface area (Å²) in [5, 5.41) is 13.5. The van der Waals surface area contributed by atoms with Crippen LogP contribution in [0, 0.1) is 0 Å². The van der Waals surface area contributed by atoms with E-state index < -0.39 is 46.9 Å². The van der Waals surface area contributed by atoms with E-state index in [0.717, 1.165) is 6.54 Å². The zero-order chi connectivity index (χ0) is 28.6. The molecule has 37 heavy (non-hydrogen) atoms. The lowest BCUT2D eigenvalue weighted by Gasteiger charge is -2.44. The van der Waals surface area contributed by atoms with E-state index in [9.17, 15) is 9.90 Å². The van der Waals surface area contributed by atoms with Crippen molar-refractivity contribution in [1.82, 2.24) is 14.5 Å². The minimum Gasteiger partial charge on any atom is -0.408 e. The van der Waals surface area contributed by atoms with Crippen molar-refractivity contribution in [2.45, 2.75) is 115 Å². The molecule has 1 unspecified atom stereocenters. The van der Waals surface area contributed by atoms with E-state index in [2.05, 4.69) is 82.9 Å². The average molecular weight is 557 g/mol.